The van der Waals surface area contributed by atoms with Crippen LogP contribution in [0.5, 0.6) is 0 Å². The number of nitrogens with one attached hydrogen (secondary N) is 2. The predicted molar refractivity (Wildman–Crippen MR) is 82.4 cm³/mol. The van der Waals surface area contributed by atoms with E-state index in [-0.39, 0.29) is 18.2 Å². The van der Waals surface area contributed by atoms with Crippen molar-refractivity contribution in [2.75, 3.05) is 6.61 Å². The van der Waals surface area contributed by atoms with E-state index in [4.69, 9.17) is 9.15 Å². The minimum atomic E-state index is -0.183. The Morgan fingerprint density at radius 3 is 2.82 bits per heavy atom. The summed E-state index contributed by atoms with van der Waals surface area (Å²) in [5.41, 5.74) is 2.08. The number of ether oxygens (including phenoxy) is 1. The molecule has 2 heterocycles. The van der Waals surface area contributed by atoms with Crippen molar-refractivity contribution in [3.8, 4) is 0 Å². The van der Waals surface area contributed by atoms with Crippen LogP contribution >= 0.6 is 0 Å². The summed E-state index contributed by atoms with van der Waals surface area (Å²) in [5, 5.41) is 5.86. The van der Waals surface area contributed by atoms with Gasteiger partial charge in [0.2, 0.25) is 0 Å². The van der Waals surface area contributed by atoms with Gasteiger partial charge >= 0.3 is 6.03 Å². The van der Waals surface area contributed by atoms with Gasteiger partial charge in [-0.1, -0.05) is 30.3 Å². The molecule has 2 atom stereocenters. The molecule has 1 aliphatic rings. The number of amides is 2. The smallest absolute Gasteiger partial charge is 0.315 e. The summed E-state index contributed by atoms with van der Waals surface area (Å²) in [6.45, 7) is 2.99. The predicted octanol–water partition coefficient (Wildman–Crippen LogP) is 2.92. The first-order chi connectivity index (χ1) is 10.7. The van der Waals surface area contributed by atoms with Crippen molar-refractivity contribution < 1.29 is 13.9 Å². The number of carbonyl (C=O) groups is 1. The fourth-order valence-electron chi connectivity index (χ4n) is 2.70. The van der Waals surface area contributed by atoms with Crippen LogP contribution in [0.15, 0.2) is 47.1 Å². The third-order valence-corrected chi connectivity index (χ3v) is 3.94. The second-order valence-electron chi connectivity index (χ2n) is 5.43. The van der Waals surface area contributed by atoms with Gasteiger partial charge in [-0.05, 0) is 25.0 Å². The summed E-state index contributed by atoms with van der Waals surface area (Å²) in [7, 11) is 0. The summed E-state index contributed by atoms with van der Waals surface area (Å²) >= 11 is 0. The van der Waals surface area contributed by atoms with E-state index in [1.54, 1.807) is 6.26 Å². The average molecular weight is 300 g/mol. The lowest BCUT2D eigenvalue weighted by atomic mass is 10.0. The monoisotopic (exact) mass is 300 g/mol. The van der Waals surface area contributed by atoms with Gasteiger partial charge in [0.15, 0.2) is 0 Å². The highest BCUT2D eigenvalue weighted by Crippen LogP contribution is 2.28. The lowest BCUT2D eigenvalue weighted by molar-refractivity contribution is 0.0999. The van der Waals surface area contributed by atoms with Crippen LogP contribution in [0.4, 0.5) is 4.79 Å². The number of aryl methyl sites for hydroxylation is 1. The van der Waals surface area contributed by atoms with Crippen molar-refractivity contribution in [2.45, 2.75) is 32.0 Å². The Balaban J connectivity index is 1.55. The van der Waals surface area contributed by atoms with Gasteiger partial charge in [0, 0.05) is 18.7 Å². The van der Waals surface area contributed by atoms with Gasteiger partial charge in [-0.2, -0.15) is 0 Å². The summed E-state index contributed by atoms with van der Waals surface area (Å²) in [4.78, 5) is 12.1. The molecule has 116 valence electrons. The zero-order valence-electron chi connectivity index (χ0n) is 12.5. The molecule has 2 N–H and O–H groups in total. The molecule has 0 unspecified atom stereocenters. The van der Waals surface area contributed by atoms with E-state index >= 15 is 0 Å². The molecule has 1 aliphatic heterocycles. The highest BCUT2D eigenvalue weighted by Gasteiger charge is 2.30. The molecule has 5 heteroatoms. The van der Waals surface area contributed by atoms with Crippen LogP contribution in [-0.2, 0) is 11.3 Å². The maximum absolute atomic E-state index is 12.1. The molecule has 1 aromatic heterocycles. The van der Waals surface area contributed by atoms with Crippen LogP contribution in [0.1, 0.15) is 29.4 Å². The van der Waals surface area contributed by atoms with Gasteiger partial charge in [-0.25, -0.2) is 4.79 Å². The summed E-state index contributed by atoms with van der Waals surface area (Å²) in [6, 6.07) is 11.7. The molecular formula is C17H20N2O3. The molecule has 0 spiro atoms. The van der Waals surface area contributed by atoms with Gasteiger partial charge in [0.05, 0.1) is 12.3 Å². The molecule has 1 saturated heterocycles. The highest BCUT2D eigenvalue weighted by atomic mass is 16.5. The molecule has 1 aromatic carbocycles. The van der Waals surface area contributed by atoms with Gasteiger partial charge in [0.25, 0.3) is 0 Å². The zero-order valence-corrected chi connectivity index (χ0v) is 12.5. The Hall–Kier alpha value is -2.27. The Kier molecular flexibility index (Phi) is 4.44. The van der Waals surface area contributed by atoms with E-state index in [1.165, 1.54) is 0 Å². The topological polar surface area (TPSA) is 63.5 Å². The molecule has 1 fully saturated rings. The average Bonchev–Trinajstić information content (AvgIpc) is 3.15. The number of rotatable bonds is 4. The highest BCUT2D eigenvalue weighted by molar-refractivity contribution is 5.74. The molecule has 5 nitrogen and oxygen atoms in total. The molecule has 0 aliphatic carbocycles. The fourth-order valence-corrected chi connectivity index (χ4v) is 2.70. The number of urea groups is 1. The fraction of sp³-hybridized carbons (Fsp3) is 0.353. The van der Waals surface area contributed by atoms with E-state index in [0.29, 0.717) is 13.2 Å². The van der Waals surface area contributed by atoms with E-state index in [9.17, 15) is 4.79 Å². The SMILES string of the molecule is Cc1occc1CNC(=O)N[C@H]1CCO[C@H]1c1ccccc1. The molecule has 0 saturated carbocycles. The third-order valence-electron chi connectivity index (χ3n) is 3.94. The number of carbonyl (C=O) groups excluding carboxylic acids is 1. The van der Waals surface area contributed by atoms with Crippen LogP contribution in [0.25, 0.3) is 0 Å². The summed E-state index contributed by atoms with van der Waals surface area (Å²) in [5.74, 6) is 0.826. The van der Waals surface area contributed by atoms with Gasteiger partial charge < -0.3 is 19.8 Å². The maximum Gasteiger partial charge on any atom is 0.315 e. The first-order valence-electron chi connectivity index (χ1n) is 7.48. The molecule has 0 radical (unpaired) electrons. The van der Waals surface area contributed by atoms with Crippen LogP contribution < -0.4 is 10.6 Å². The minimum Gasteiger partial charge on any atom is -0.469 e. The number of hydrogen-bond donors (Lipinski definition) is 2. The van der Waals surface area contributed by atoms with Gasteiger partial charge in [-0.15, -0.1) is 0 Å². The zero-order chi connectivity index (χ0) is 15.4. The Labute approximate surface area is 129 Å². The van der Waals surface area contributed by atoms with Crippen molar-refractivity contribution in [1.29, 1.82) is 0 Å². The largest absolute Gasteiger partial charge is 0.469 e. The van der Waals surface area contributed by atoms with Crippen molar-refractivity contribution in [1.82, 2.24) is 10.6 Å². The molecule has 22 heavy (non-hydrogen) atoms. The van der Waals surface area contributed by atoms with Crippen LogP contribution in [0.3, 0.4) is 0 Å². The molecule has 0 bridgehead atoms. The minimum absolute atomic E-state index is 0.00662. The van der Waals surface area contributed by atoms with Crippen molar-refractivity contribution in [2.24, 2.45) is 0 Å². The Morgan fingerprint density at radius 1 is 1.27 bits per heavy atom. The van der Waals surface area contributed by atoms with E-state index in [2.05, 4.69) is 10.6 Å². The lowest BCUT2D eigenvalue weighted by Crippen LogP contribution is -2.43. The van der Waals surface area contributed by atoms with Crippen molar-refractivity contribution in [3.63, 3.8) is 0 Å². The van der Waals surface area contributed by atoms with E-state index in [1.807, 2.05) is 43.3 Å². The molecular weight excluding hydrogens is 280 g/mol. The Morgan fingerprint density at radius 2 is 2.09 bits per heavy atom. The number of hydrogen-bond acceptors (Lipinski definition) is 3. The van der Waals surface area contributed by atoms with Crippen molar-refractivity contribution >= 4 is 6.03 Å². The van der Waals surface area contributed by atoms with Crippen LogP contribution in [-0.4, -0.2) is 18.7 Å². The van der Waals surface area contributed by atoms with E-state index < -0.39 is 0 Å². The van der Waals surface area contributed by atoms with Crippen LogP contribution in [0.2, 0.25) is 0 Å². The first-order valence-corrected chi connectivity index (χ1v) is 7.48. The molecule has 2 amide bonds. The van der Waals surface area contributed by atoms with Crippen LogP contribution in [0, 0.1) is 6.92 Å². The second-order valence-corrected chi connectivity index (χ2v) is 5.43. The summed E-state index contributed by atoms with van der Waals surface area (Å²) in [6.07, 6.45) is 2.36. The third kappa shape index (κ3) is 3.31. The van der Waals surface area contributed by atoms with E-state index in [0.717, 1.165) is 23.3 Å². The first kappa shape index (κ1) is 14.7. The second kappa shape index (κ2) is 6.66. The van der Waals surface area contributed by atoms with Gasteiger partial charge in [0.1, 0.15) is 11.9 Å². The van der Waals surface area contributed by atoms with Crippen molar-refractivity contribution in [3.05, 3.63) is 59.5 Å². The molecule has 3 rings (SSSR count). The maximum atomic E-state index is 12.1. The normalized spacial score (nSPS) is 20.8. The quantitative estimate of drug-likeness (QED) is 0.912. The number of benzene rings is 1. The standard InChI is InChI=1S/C17H20N2O3/c1-12-14(7-9-21-12)11-18-17(20)19-15-8-10-22-16(15)13-5-3-2-4-6-13/h2-7,9,15-16H,8,10-11H2,1H3,(H2,18,19,20)/t15-,16-/m0/s1. The Bertz CT molecular complexity index is 624. The summed E-state index contributed by atoms with van der Waals surface area (Å²) < 4.78 is 11.0. The van der Waals surface area contributed by atoms with Gasteiger partial charge in [-0.3, -0.25) is 0 Å². The number of furan rings is 1. The lowest BCUT2D eigenvalue weighted by Gasteiger charge is -2.20. The molecule has 2 aromatic rings.